The Kier molecular flexibility index (Phi) is 5.83. The zero-order valence-corrected chi connectivity index (χ0v) is 15.7. The van der Waals surface area contributed by atoms with Crippen LogP contribution in [0.25, 0.3) is 0 Å². The lowest BCUT2D eigenvalue weighted by Crippen LogP contribution is -2.56. The van der Waals surface area contributed by atoms with Crippen molar-refractivity contribution in [2.24, 2.45) is 9.98 Å². The minimum absolute atomic E-state index is 0.0651. The van der Waals surface area contributed by atoms with Crippen LogP contribution in [-0.4, -0.2) is 36.5 Å². The number of nitrogens with zero attached hydrogens (tertiary/aromatic N) is 2. The molecule has 1 aliphatic rings. The van der Waals surface area contributed by atoms with Crippen molar-refractivity contribution in [2.45, 2.75) is 57.9 Å². The molecule has 0 aliphatic carbocycles. The Balaban J connectivity index is 2.08. The van der Waals surface area contributed by atoms with Gasteiger partial charge in [0, 0.05) is 18.3 Å². The summed E-state index contributed by atoms with van der Waals surface area (Å²) in [5.74, 6) is 1.18. The first-order valence-corrected chi connectivity index (χ1v) is 8.53. The molecule has 2 rings (SSSR count). The van der Waals surface area contributed by atoms with E-state index in [-0.39, 0.29) is 17.6 Å². The van der Waals surface area contributed by atoms with Gasteiger partial charge in [-0.2, -0.15) is 13.2 Å². The van der Waals surface area contributed by atoms with Crippen molar-refractivity contribution >= 4 is 17.5 Å². The summed E-state index contributed by atoms with van der Waals surface area (Å²) in [4.78, 5) is 8.73. The zero-order chi connectivity index (χ0) is 19.5. The van der Waals surface area contributed by atoms with Crippen molar-refractivity contribution in [2.75, 3.05) is 12.4 Å². The van der Waals surface area contributed by atoms with Crippen LogP contribution in [0.4, 0.5) is 18.9 Å². The first-order chi connectivity index (χ1) is 12.0. The van der Waals surface area contributed by atoms with Gasteiger partial charge < -0.3 is 16.0 Å². The van der Waals surface area contributed by atoms with Gasteiger partial charge in [-0.3, -0.25) is 9.98 Å². The van der Waals surface area contributed by atoms with Crippen LogP contribution in [0.2, 0.25) is 0 Å². The van der Waals surface area contributed by atoms with Gasteiger partial charge in [0.25, 0.3) is 0 Å². The van der Waals surface area contributed by atoms with Crippen LogP contribution in [0.3, 0.4) is 0 Å². The number of hydrogen-bond donors (Lipinski definition) is 3. The van der Waals surface area contributed by atoms with Gasteiger partial charge in [-0.1, -0.05) is 6.07 Å². The van der Waals surface area contributed by atoms with Crippen LogP contribution in [0.5, 0.6) is 0 Å². The molecule has 0 radical (unpaired) electrons. The van der Waals surface area contributed by atoms with Gasteiger partial charge in [-0.05, 0) is 52.3 Å². The van der Waals surface area contributed by atoms with Crippen LogP contribution in [0, 0.1) is 0 Å². The summed E-state index contributed by atoms with van der Waals surface area (Å²) < 4.78 is 38.6. The van der Waals surface area contributed by atoms with Crippen LogP contribution < -0.4 is 16.0 Å². The van der Waals surface area contributed by atoms with Crippen LogP contribution in [0.15, 0.2) is 34.3 Å². The van der Waals surface area contributed by atoms with E-state index in [9.17, 15) is 13.2 Å². The Hall–Kier alpha value is -2.25. The number of anilines is 1. The Morgan fingerprint density at radius 1 is 1.38 bits per heavy atom. The number of rotatable bonds is 3. The largest absolute Gasteiger partial charge is 0.416 e. The molecule has 1 aromatic rings. The third kappa shape index (κ3) is 5.37. The smallest absolute Gasteiger partial charge is 0.367 e. The normalized spacial score (nSPS) is 21.5. The van der Waals surface area contributed by atoms with Crippen molar-refractivity contribution < 1.29 is 13.2 Å². The molecule has 1 aliphatic heterocycles. The lowest BCUT2D eigenvalue weighted by molar-refractivity contribution is -0.137. The number of nitrogens with one attached hydrogen (secondary N) is 3. The summed E-state index contributed by atoms with van der Waals surface area (Å²) >= 11 is 0. The number of alkyl halides is 3. The van der Waals surface area contributed by atoms with E-state index in [1.165, 1.54) is 6.07 Å². The van der Waals surface area contributed by atoms with Gasteiger partial charge in [0.15, 0.2) is 5.96 Å². The van der Waals surface area contributed by atoms with E-state index < -0.39 is 11.7 Å². The van der Waals surface area contributed by atoms with E-state index in [2.05, 4.69) is 46.7 Å². The number of benzene rings is 1. The number of hydrogen-bond acceptors (Lipinski definition) is 3. The highest BCUT2D eigenvalue weighted by atomic mass is 19.4. The quantitative estimate of drug-likeness (QED) is 0.563. The van der Waals surface area contributed by atoms with E-state index in [4.69, 9.17) is 0 Å². The SMILES string of the molecule is CN=C(Nc1cccc(C(F)(F)F)c1)NC(C)C1=NC(C)CC(C)(C)N1. The molecule has 8 heteroatoms. The highest BCUT2D eigenvalue weighted by Gasteiger charge is 2.31. The summed E-state index contributed by atoms with van der Waals surface area (Å²) in [7, 11) is 1.57. The first kappa shape index (κ1) is 20.1. The average molecular weight is 369 g/mol. The van der Waals surface area contributed by atoms with E-state index in [0.717, 1.165) is 24.4 Å². The monoisotopic (exact) mass is 369 g/mol. The lowest BCUT2D eigenvalue weighted by atomic mass is 9.93. The third-order valence-corrected chi connectivity index (χ3v) is 4.07. The highest BCUT2D eigenvalue weighted by Crippen LogP contribution is 2.30. The van der Waals surface area contributed by atoms with Gasteiger partial charge >= 0.3 is 6.18 Å². The van der Waals surface area contributed by atoms with Crippen LogP contribution >= 0.6 is 0 Å². The van der Waals surface area contributed by atoms with Crippen molar-refractivity contribution in [1.29, 1.82) is 0 Å². The second-order valence-corrected chi connectivity index (χ2v) is 7.22. The second-order valence-electron chi connectivity index (χ2n) is 7.22. The van der Waals surface area contributed by atoms with E-state index in [1.54, 1.807) is 13.1 Å². The minimum atomic E-state index is -4.38. The van der Waals surface area contributed by atoms with Crippen molar-refractivity contribution in [1.82, 2.24) is 10.6 Å². The van der Waals surface area contributed by atoms with E-state index in [1.807, 2.05) is 6.92 Å². The number of guanidine groups is 1. The second kappa shape index (κ2) is 7.55. The number of halogens is 3. The summed E-state index contributed by atoms with van der Waals surface area (Å²) in [6.07, 6.45) is -3.45. The van der Waals surface area contributed by atoms with Crippen LogP contribution in [-0.2, 0) is 6.18 Å². The fourth-order valence-corrected chi connectivity index (χ4v) is 3.01. The Morgan fingerprint density at radius 3 is 2.65 bits per heavy atom. The third-order valence-electron chi connectivity index (χ3n) is 4.07. The maximum Gasteiger partial charge on any atom is 0.416 e. The molecule has 1 aromatic carbocycles. The molecule has 0 bridgehead atoms. The Labute approximate surface area is 152 Å². The van der Waals surface area contributed by atoms with E-state index in [0.29, 0.717) is 11.6 Å². The van der Waals surface area contributed by atoms with Crippen molar-refractivity contribution in [3.63, 3.8) is 0 Å². The molecule has 0 aromatic heterocycles. The average Bonchev–Trinajstić information content (AvgIpc) is 2.51. The molecule has 1 heterocycles. The molecule has 3 N–H and O–H groups in total. The Bertz CT molecular complexity index is 694. The minimum Gasteiger partial charge on any atom is -0.367 e. The molecule has 2 unspecified atom stereocenters. The molecule has 26 heavy (non-hydrogen) atoms. The first-order valence-electron chi connectivity index (χ1n) is 8.53. The standard InChI is InChI=1S/C18H26F3N5/c1-11-10-17(3,4)26-15(23-11)12(2)24-16(22-5)25-14-8-6-7-13(9-14)18(19,20)21/h6-9,11-12H,10H2,1-5H3,(H,23,26)(H2,22,24,25). The lowest BCUT2D eigenvalue weighted by Gasteiger charge is -2.37. The number of aliphatic imine (C=N–C) groups is 2. The predicted molar refractivity (Wildman–Crippen MR) is 99.8 cm³/mol. The summed E-state index contributed by atoms with van der Waals surface area (Å²) in [6.45, 7) is 8.21. The summed E-state index contributed by atoms with van der Waals surface area (Å²) in [5, 5.41) is 9.47. The maximum absolute atomic E-state index is 12.9. The molecule has 2 atom stereocenters. The van der Waals surface area contributed by atoms with Crippen LogP contribution in [0.1, 0.15) is 39.7 Å². The molecule has 0 saturated heterocycles. The summed E-state index contributed by atoms with van der Waals surface area (Å²) in [6, 6.07) is 5.04. The Morgan fingerprint density at radius 2 is 2.08 bits per heavy atom. The maximum atomic E-state index is 12.9. The molecule has 5 nitrogen and oxygen atoms in total. The van der Waals surface area contributed by atoms with Crippen molar-refractivity contribution in [3.8, 4) is 0 Å². The molecular formula is C18H26F3N5. The van der Waals surface area contributed by atoms with Crippen molar-refractivity contribution in [3.05, 3.63) is 29.8 Å². The molecule has 0 saturated carbocycles. The molecule has 144 valence electrons. The molecule has 0 fully saturated rings. The molecular weight excluding hydrogens is 343 g/mol. The zero-order valence-electron chi connectivity index (χ0n) is 15.7. The van der Waals surface area contributed by atoms with Gasteiger partial charge in [0.2, 0.25) is 0 Å². The summed E-state index contributed by atoms with van der Waals surface area (Å²) in [5.41, 5.74) is -0.461. The topological polar surface area (TPSA) is 60.8 Å². The van der Waals surface area contributed by atoms with Gasteiger partial charge in [0.1, 0.15) is 5.84 Å². The van der Waals surface area contributed by atoms with Gasteiger partial charge in [-0.25, -0.2) is 0 Å². The van der Waals surface area contributed by atoms with E-state index >= 15 is 0 Å². The predicted octanol–water partition coefficient (Wildman–Crippen LogP) is 3.64. The van der Waals surface area contributed by atoms with Gasteiger partial charge in [0.05, 0.1) is 17.6 Å². The fourth-order valence-electron chi connectivity index (χ4n) is 3.01. The molecule has 0 amide bonds. The van der Waals surface area contributed by atoms with Gasteiger partial charge in [-0.15, -0.1) is 0 Å². The number of amidine groups is 1. The fraction of sp³-hybridized carbons (Fsp3) is 0.556. The highest BCUT2D eigenvalue weighted by molar-refractivity contribution is 5.98. The molecule has 0 spiro atoms.